The van der Waals surface area contributed by atoms with Gasteiger partial charge in [0.25, 0.3) is 0 Å². The summed E-state index contributed by atoms with van der Waals surface area (Å²) in [6.07, 6.45) is 2.02. The number of hydrogen-bond donors (Lipinski definition) is 1. The molecule has 0 aliphatic carbocycles. The van der Waals surface area contributed by atoms with Crippen LogP contribution in [0, 0.1) is 0 Å². The molecule has 0 radical (unpaired) electrons. The highest BCUT2D eigenvalue weighted by molar-refractivity contribution is 7.97. The average molecular weight is 267 g/mol. The summed E-state index contributed by atoms with van der Waals surface area (Å²) in [4.78, 5) is 11.7. The van der Waals surface area contributed by atoms with E-state index in [1.807, 2.05) is 18.2 Å². The minimum absolute atomic E-state index is 0.0334. The Kier molecular flexibility index (Phi) is 5.04. The molecule has 1 aromatic carbocycles. The SMILES string of the molecule is O=C(O)COC1CCCN(Sc2ccccc2)C1. The zero-order chi connectivity index (χ0) is 12.8. The maximum atomic E-state index is 10.5. The number of carboxylic acid groups (broad SMARTS) is 1. The lowest BCUT2D eigenvalue weighted by Gasteiger charge is -2.31. The number of carbonyl (C=O) groups is 1. The van der Waals surface area contributed by atoms with Crippen molar-refractivity contribution in [3.63, 3.8) is 0 Å². The summed E-state index contributed by atoms with van der Waals surface area (Å²) >= 11 is 1.71. The summed E-state index contributed by atoms with van der Waals surface area (Å²) in [5, 5.41) is 8.60. The molecule has 1 N–H and O–H groups in total. The summed E-state index contributed by atoms with van der Waals surface area (Å²) in [5.74, 6) is -0.900. The topological polar surface area (TPSA) is 49.8 Å². The van der Waals surface area contributed by atoms with Crippen LogP contribution >= 0.6 is 11.9 Å². The second-order valence-corrected chi connectivity index (χ2v) is 5.43. The van der Waals surface area contributed by atoms with Gasteiger partial charge in [-0.05, 0) is 36.9 Å². The van der Waals surface area contributed by atoms with Crippen molar-refractivity contribution in [1.82, 2.24) is 4.31 Å². The van der Waals surface area contributed by atoms with E-state index in [4.69, 9.17) is 9.84 Å². The normalized spacial score (nSPS) is 20.8. The monoisotopic (exact) mass is 267 g/mol. The van der Waals surface area contributed by atoms with Gasteiger partial charge in [-0.15, -0.1) is 0 Å². The van der Waals surface area contributed by atoms with Crippen LogP contribution in [0.3, 0.4) is 0 Å². The number of hydrogen-bond acceptors (Lipinski definition) is 4. The number of piperidine rings is 1. The fraction of sp³-hybridized carbons (Fsp3) is 0.462. The van der Waals surface area contributed by atoms with Crippen molar-refractivity contribution < 1.29 is 14.6 Å². The molecule has 98 valence electrons. The van der Waals surface area contributed by atoms with E-state index < -0.39 is 5.97 Å². The molecule has 0 aromatic heterocycles. The molecule has 0 spiro atoms. The molecule has 1 atom stereocenters. The highest BCUT2D eigenvalue weighted by Gasteiger charge is 2.21. The molecule has 5 heteroatoms. The highest BCUT2D eigenvalue weighted by atomic mass is 32.2. The highest BCUT2D eigenvalue weighted by Crippen LogP contribution is 2.26. The van der Waals surface area contributed by atoms with Crippen LogP contribution in [0.25, 0.3) is 0 Å². The molecular weight excluding hydrogens is 250 g/mol. The molecule has 1 aliphatic rings. The van der Waals surface area contributed by atoms with Gasteiger partial charge < -0.3 is 9.84 Å². The lowest BCUT2D eigenvalue weighted by Crippen LogP contribution is -2.36. The second kappa shape index (κ2) is 6.78. The average Bonchev–Trinajstić information content (AvgIpc) is 2.38. The number of carboxylic acids is 1. The van der Waals surface area contributed by atoms with Crippen LogP contribution in [-0.2, 0) is 9.53 Å². The molecule has 1 unspecified atom stereocenters. The van der Waals surface area contributed by atoms with E-state index in [1.54, 1.807) is 11.9 Å². The molecule has 1 aliphatic heterocycles. The Morgan fingerprint density at radius 1 is 1.44 bits per heavy atom. The minimum atomic E-state index is -0.900. The smallest absolute Gasteiger partial charge is 0.329 e. The third kappa shape index (κ3) is 4.33. The molecule has 2 rings (SSSR count). The predicted molar refractivity (Wildman–Crippen MR) is 70.5 cm³/mol. The van der Waals surface area contributed by atoms with E-state index in [1.165, 1.54) is 4.90 Å². The van der Waals surface area contributed by atoms with Gasteiger partial charge in [0.15, 0.2) is 0 Å². The van der Waals surface area contributed by atoms with Gasteiger partial charge >= 0.3 is 5.97 Å². The first-order valence-corrected chi connectivity index (χ1v) is 6.83. The predicted octanol–water partition coefficient (Wildman–Crippen LogP) is 2.26. The van der Waals surface area contributed by atoms with Gasteiger partial charge in [0, 0.05) is 18.0 Å². The summed E-state index contributed by atoms with van der Waals surface area (Å²) in [6, 6.07) is 10.2. The number of rotatable bonds is 5. The van der Waals surface area contributed by atoms with Crippen molar-refractivity contribution >= 4 is 17.9 Å². The molecular formula is C13H17NO3S. The van der Waals surface area contributed by atoms with Crippen molar-refractivity contribution in [1.29, 1.82) is 0 Å². The Morgan fingerprint density at radius 2 is 2.22 bits per heavy atom. The second-order valence-electron chi connectivity index (χ2n) is 4.26. The lowest BCUT2D eigenvalue weighted by atomic mass is 10.1. The van der Waals surface area contributed by atoms with Crippen LogP contribution in [-0.4, -0.2) is 41.2 Å². The Morgan fingerprint density at radius 3 is 2.94 bits per heavy atom. The molecule has 1 heterocycles. The van der Waals surface area contributed by atoms with E-state index in [-0.39, 0.29) is 12.7 Å². The van der Waals surface area contributed by atoms with Crippen molar-refractivity contribution in [2.24, 2.45) is 0 Å². The maximum Gasteiger partial charge on any atom is 0.329 e. The van der Waals surface area contributed by atoms with Crippen LogP contribution in [0.5, 0.6) is 0 Å². The van der Waals surface area contributed by atoms with Crippen molar-refractivity contribution in [2.45, 2.75) is 23.8 Å². The van der Waals surface area contributed by atoms with Gasteiger partial charge in [0.2, 0.25) is 0 Å². The van der Waals surface area contributed by atoms with Crippen molar-refractivity contribution in [2.75, 3.05) is 19.7 Å². The molecule has 0 bridgehead atoms. The van der Waals surface area contributed by atoms with Gasteiger partial charge in [-0.3, -0.25) is 0 Å². The van der Waals surface area contributed by atoms with Crippen molar-refractivity contribution in [3.8, 4) is 0 Å². The first-order valence-electron chi connectivity index (χ1n) is 6.05. The number of aliphatic carboxylic acids is 1. The quantitative estimate of drug-likeness (QED) is 0.829. The zero-order valence-electron chi connectivity index (χ0n) is 10.1. The zero-order valence-corrected chi connectivity index (χ0v) is 10.9. The summed E-state index contributed by atoms with van der Waals surface area (Å²) < 4.78 is 7.60. The standard InChI is InChI=1S/C13H17NO3S/c15-13(16)10-17-11-5-4-8-14(9-11)18-12-6-2-1-3-7-12/h1-3,6-7,11H,4-5,8-10H2,(H,15,16). The van der Waals surface area contributed by atoms with Gasteiger partial charge in [-0.2, -0.15) is 0 Å². The maximum absolute atomic E-state index is 10.5. The number of nitrogens with zero attached hydrogens (tertiary/aromatic N) is 1. The first kappa shape index (κ1) is 13.4. The number of benzene rings is 1. The largest absolute Gasteiger partial charge is 0.480 e. The lowest BCUT2D eigenvalue weighted by molar-refractivity contribution is -0.145. The summed E-state index contributed by atoms with van der Waals surface area (Å²) in [6.45, 7) is 1.61. The van der Waals surface area contributed by atoms with E-state index in [2.05, 4.69) is 16.4 Å². The Hall–Kier alpha value is -1.04. The molecule has 18 heavy (non-hydrogen) atoms. The molecule has 4 nitrogen and oxygen atoms in total. The molecule has 1 fully saturated rings. The molecule has 0 saturated carbocycles. The minimum Gasteiger partial charge on any atom is -0.480 e. The Labute approximate surface area is 111 Å². The van der Waals surface area contributed by atoms with Crippen LogP contribution in [0.2, 0.25) is 0 Å². The molecule has 0 amide bonds. The van der Waals surface area contributed by atoms with E-state index in [0.717, 1.165) is 25.9 Å². The summed E-state index contributed by atoms with van der Waals surface area (Å²) in [7, 11) is 0. The number of ether oxygens (including phenoxy) is 1. The molecule has 1 saturated heterocycles. The van der Waals surface area contributed by atoms with Crippen molar-refractivity contribution in [3.05, 3.63) is 30.3 Å². The van der Waals surface area contributed by atoms with Crippen LogP contribution < -0.4 is 0 Å². The molecule has 1 aromatic rings. The van der Waals surface area contributed by atoms with Gasteiger partial charge in [-0.1, -0.05) is 18.2 Å². The first-order chi connectivity index (χ1) is 8.74. The third-order valence-electron chi connectivity index (χ3n) is 2.76. The van der Waals surface area contributed by atoms with Gasteiger partial charge in [0.1, 0.15) is 6.61 Å². The van der Waals surface area contributed by atoms with Crippen LogP contribution in [0.4, 0.5) is 0 Å². The third-order valence-corrected chi connectivity index (χ3v) is 3.83. The van der Waals surface area contributed by atoms with E-state index in [9.17, 15) is 4.79 Å². The Bertz CT molecular complexity index is 385. The van der Waals surface area contributed by atoms with Gasteiger partial charge in [-0.25, -0.2) is 9.10 Å². The fourth-order valence-electron chi connectivity index (χ4n) is 1.94. The fourth-order valence-corrected chi connectivity index (χ4v) is 2.98. The van der Waals surface area contributed by atoms with Crippen LogP contribution in [0.15, 0.2) is 35.2 Å². The van der Waals surface area contributed by atoms with E-state index in [0.29, 0.717) is 0 Å². The summed E-state index contributed by atoms with van der Waals surface area (Å²) in [5.41, 5.74) is 0. The van der Waals surface area contributed by atoms with Crippen LogP contribution in [0.1, 0.15) is 12.8 Å². The Balaban J connectivity index is 1.81. The van der Waals surface area contributed by atoms with Gasteiger partial charge in [0.05, 0.1) is 6.10 Å². The van der Waals surface area contributed by atoms with E-state index >= 15 is 0 Å².